The number of aromatic nitrogens is 2. The monoisotopic (exact) mass is 297 g/mol. The molecule has 0 aliphatic rings. The summed E-state index contributed by atoms with van der Waals surface area (Å²) in [5, 5.41) is 21.9. The Bertz CT molecular complexity index is 764. The molecule has 22 heavy (non-hydrogen) atoms. The highest BCUT2D eigenvalue weighted by Crippen LogP contribution is 2.23. The predicted molar refractivity (Wildman–Crippen MR) is 77.6 cm³/mol. The van der Waals surface area contributed by atoms with Crippen LogP contribution in [0.15, 0.2) is 10.6 Å². The zero-order chi connectivity index (χ0) is 16.1. The molecule has 0 radical (unpaired) electrons. The van der Waals surface area contributed by atoms with E-state index >= 15 is 0 Å². The van der Waals surface area contributed by atoms with Gasteiger partial charge in [0.15, 0.2) is 0 Å². The van der Waals surface area contributed by atoms with Gasteiger partial charge in [-0.2, -0.15) is 10.5 Å². The van der Waals surface area contributed by atoms with E-state index in [1.165, 1.54) is 4.90 Å². The van der Waals surface area contributed by atoms with Crippen molar-refractivity contribution >= 4 is 17.0 Å². The van der Waals surface area contributed by atoms with Gasteiger partial charge < -0.3 is 9.42 Å². The Kier molecular flexibility index (Phi) is 4.70. The van der Waals surface area contributed by atoms with Crippen LogP contribution in [0.2, 0.25) is 0 Å². The van der Waals surface area contributed by atoms with Crippen molar-refractivity contribution in [1.29, 1.82) is 10.5 Å². The van der Waals surface area contributed by atoms with Crippen molar-refractivity contribution in [2.75, 3.05) is 13.1 Å². The van der Waals surface area contributed by atoms with Crippen molar-refractivity contribution in [2.45, 2.75) is 26.7 Å². The molecule has 0 aromatic carbocycles. The molecule has 7 nitrogen and oxygen atoms in total. The quantitative estimate of drug-likeness (QED) is 0.836. The zero-order valence-corrected chi connectivity index (χ0v) is 12.5. The van der Waals surface area contributed by atoms with E-state index in [2.05, 4.69) is 10.1 Å². The number of aryl methyl sites for hydroxylation is 2. The van der Waals surface area contributed by atoms with Gasteiger partial charge in [-0.25, -0.2) is 4.98 Å². The van der Waals surface area contributed by atoms with Crippen molar-refractivity contribution in [3.05, 3.63) is 23.0 Å². The number of amides is 1. The van der Waals surface area contributed by atoms with E-state index < -0.39 is 0 Å². The zero-order valence-electron chi connectivity index (χ0n) is 12.5. The Morgan fingerprint density at radius 1 is 1.27 bits per heavy atom. The van der Waals surface area contributed by atoms with Crippen molar-refractivity contribution in [3.8, 4) is 12.1 Å². The lowest BCUT2D eigenvalue weighted by Gasteiger charge is -2.20. The van der Waals surface area contributed by atoms with Gasteiger partial charge >= 0.3 is 0 Å². The van der Waals surface area contributed by atoms with Gasteiger partial charge in [-0.05, 0) is 19.9 Å². The average molecular weight is 297 g/mol. The Hall–Kier alpha value is -2.93. The first-order valence-corrected chi connectivity index (χ1v) is 6.85. The summed E-state index contributed by atoms with van der Waals surface area (Å²) in [4.78, 5) is 18.5. The Labute approximate surface area is 127 Å². The molecule has 7 heteroatoms. The molecule has 1 amide bonds. The number of fused-ring (bicyclic) bond motifs is 1. The molecule has 0 spiro atoms. The molecule has 0 saturated carbocycles. The first-order chi connectivity index (χ1) is 10.6. The summed E-state index contributed by atoms with van der Waals surface area (Å²) in [7, 11) is 0. The molecule has 2 rings (SSSR count). The molecule has 2 aromatic rings. The molecule has 0 aliphatic heterocycles. The molecular formula is C15H15N5O2. The molecule has 2 heterocycles. The SMILES string of the molecule is Cc1cc(C(=O)N(CCC#N)CCC#N)c2c(C)noc2n1. The number of nitriles is 2. The molecule has 0 atom stereocenters. The van der Waals surface area contributed by atoms with Crippen LogP contribution in [0.5, 0.6) is 0 Å². The topological polar surface area (TPSA) is 107 Å². The Balaban J connectivity index is 2.43. The van der Waals surface area contributed by atoms with Crippen molar-refractivity contribution in [1.82, 2.24) is 15.0 Å². The summed E-state index contributed by atoms with van der Waals surface area (Å²) in [6.45, 7) is 4.08. The average Bonchev–Trinajstić information content (AvgIpc) is 2.87. The molecule has 0 N–H and O–H groups in total. The third-order valence-corrected chi connectivity index (χ3v) is 3.25. The van der Waals surface area contributed by atoms with Crippen LogP contribution >= 0.6 is 0 Å². The van der Waals surface area contributed by atoms with E-state index in [1.807, 2.05) is 12.1 Å². The molecule has 0 bridgehead atoms. The highest BCUT2D eigenvalue weighted by atomic mass is 16.5. The summed E-state index contributed by atoms with van der Waals surface area (Å²) in [6.07, 6.45) is 0.431. The fourth-order valence-electron chi connectivity index (χ4n) is 2.24. The van der Waals surface area contributed by atoms with Crippen LogP contribution in [0.25, 0.3) is 11.1 Å². The molecule has 0 aliphatic carbocycles. The van der Waals surface area contributed by atoms with Crippen LogP contribution < -0.4 is 0 Å². The van der Waals surface area contributed by atoms with Crippen molar-refractivity contribution in [2.24, 2.45) is 0 Å². The first kappa shape index (κ1) is 15.5. The summed E-state index contributed by atoms with van der Waals surface area (Å²) in [5.41, 5.74) is 2.00. The number of carbonyl (C=O) groups is 1. The smallest absolute Gasteiger partial charge is 0.258 e. The maximum Gasteiger partial charge on any atom is 0.258 e. The van der Waals surface area contributed by atoms with Crippen LogP contribution in [0.3, 0.4) is 0 Å². The minimum absolute atomic E-state index is 0.215. The first-order valence-electron chi connectivity index (χ1n) is 6.85. The van der Waals surface area contributed by atoms with Crippen LogP contribution in [0, 0.1) is 36.5 Å². The Morgan fingerprint density at radius 3 is 2.50 bits per heavy atom. The maximum absolute atomic E-state index is 12.8. The fourth-order valence-corrected chi connectivity index (χ4v) is 2.24. The summed E-state index contributed by atoms with van der Waals surface area (Å²) >= 11 is 0. The predicted octanol–water partition coefficient (Wildman–Crippen LogP) is 2.11. The van der Waals surface area contributed by atoms with Crippen LogP contribution in [-0.4, -0.2) is 34.0 Å². The molecular weight excluding hydrogens is 282 g/mol. The van der Waals surface area contributed by atoms with Gasteiger partial charge in [-0.15, -0.1) is 0 Å². The number of nitrogens with zero attached hydrogens (tertiary/aromatic N) is 5. The fraction of sp³-hybridized carbons (Fsp3) is 0.400. The van der Waals surface area contributed by atoms with Gasteiger partial charge in [0.1, 0.15) is 0 Å². The van der Waals surface area contributed by atoms with E-state index in [4.69, 9.17) is 15.0 Å². The van der Waals surface area contributed by atoms with Gasteiger partial charge in [0, 0.05) is 18.8 Å². The molecule has 0 fully saturated rings. The number of hydrogen-bond donors (Lipinski definition) is 0. The third kappa shape index (κ3) is 3.04. The molecule has 2 aromatic heterocycles. The van der Waals surface area contributed by atoms with E-state index in [9.17, 15) is 4.79 Å². The van der Waals surface area contributed by atoms with E-state index in [1.54, 1.807) is 19.9 Å². The number of hydrogen-bond acceptors (Lipinski definition) is 6. The highest BCUT2D eigenvalue weighted by molar-refractivity contribution is 6.06. The van der Waals surface area contributed by atoms with Gasteiger partial charge in [0.25, 0.3) is 11.6 Å². The van der Waals surface area contributed by atoms with E-state index in [0.29, 0.717) is 28.1 Å². The standard InChI is InChI=1S/C15H15N5O2/c1-10-9-12(13-11(2)19-22-14(13)18-10)15(21)20(7-3-5-16)8-4-6-17/h9H,3-4,7-8H2,1-2H3. The largest absolute Gasteiger partial charge is 0.337 e. The second-order valence-electron chi connectivity index (χ2n) is 4.87. The van der Waals surface area contributed by atoms with Crippen LogP contribution in [0.1, 0.15) is 34.6 Å². The number of rotatable bonds is 5. The lowest BCUT2D eigenvalue weighted by Crippen LogP contribution is -2.33. The Morgan fingerprint density at radius 2 is 1.91 bits per heavy atom. The highest BCUT2D eigenvalue weighted by Gasteiger charge is 2.22. The summed E-state index contributed by atoms with van der Waals surface area (Å²) in [6, 6.07) is 5.71. The van der Waals surface area contributed by atoms with Gasteiger partial charge in [0.2, 0.25) is 0 Å². The van der Waals surface area contributed by atoms with Crippen LogP contribution in [-0.2, 0) is 0 Å². The van der Waals surface area contributed by atoms with E-state index in [0.717, 1.165) is 0 Å². The second-order valence-corrected chi connectivity index (χ2v) is 4.87. The summed E-state index contributed by atoms with van der Waals surface area (Å²) < 4.78 is 5.13. The van der Waals surface area contributed by atoms with Crippen molar-refractivity contribution in [3.63, 3.8) is 0 Å². The summed E-state index contributed by atoms with van der Waals surface area (Å²) in [5.74, 6) is -0.243. The third-order valence-electron chi connectivity index (χ3n) is 3.25. The molecule has 0 saturated heterocycles. The normalized spacial score (nSPS) is 10.2. The molecule has 112 valence electrons. The number of pyridine rings is 1. The van der Waals surface area contributed by atoms with Gasteiger partial charge in [-0.3, -0.25) is 4.79 Å². The molecule has 0 unspecified atom stereocenters. The maximum atomic E-state index is 12.8. The van der Waals surface area contributed by atoms with Crippen molar-refractivity contribution < 1.29 is 9.32 Å². The van der Waals surface area contributed by atoms with Gasteiger partial charge in [0.05, 0.1) is 41.6 Å². The number of carbonyl (C=O) groups excluding carboxylic acids is 1. The minimum atomic E-state index is -0.243. The lowest BCUT2D eigenvalue weighted by atomic mass is 10.1. The minimum Gasteiger partial charge on any atom is -0.337 e. The van der Waals surface area contributed by atoms with Crippen LogP contribution in [0.4, 0.5) is 0 Å². The van der Waals surface area contributed by atoms with Gasteiger partial charge in [-0.1, -0.05) is 5.16 Å². The van der Waals surface area contributed by atoms with E-state index in [-0.39, 0.29) is 31.8 Å². The second kappa shape index (κ2) is 6.68. The lowest BCUT2D eigenvalue weighted by molar-refractivity contribution is 0.0764.